The minimum atomic E-state index is -0.959. The standard InChI is InChI=1S/C34H45N3O4/c1-21(33(4,5)6)19-22(2)34(7)36-30(28-10-8-9-27(20-28)25-13-14-25)32(41)37(34)23(3)24-11-15-26(16-12-24)31(40)35-18-17-29(38)39/h8-12,15-16,20-23,25H,13-14,17-19H2,1-7H3,(H,35,40)(H,38,39). The van der Waals surface area contributed by atoms with Crippen LogP contribution in [-0.4, -0.2) is 45.7 Å². The summed E-state index contributed by atoms with van der Waals surface area (Å²) < 4.78 is 0. The lowest BCUT2D eigenvalue weighted by Crippen LogP contribution is -2.50. The first-order valence-electron chi connectivity index (χ1n) is 14.9. The van der Waals surface area contributed by atoms with Crippen molar-refractivity contribution < 1.29 is 19.5 Å². The Bertz CT molecular complexity index is 1320. The normalized spacial score (nSPS) is 21.3. The van der Waals surface area contributed by atoms with E-state index in [0.717, 1.165) is 17.5 Å². The SMILES string of the molecule is CC(c1ccc(C(=O)NCCC(=O)O)cc1)N1C(=O)C(c2cccc(C3CC3)c2)=NC1(C)C(C)CC(C)C(C)(C)C. The molecule has 0 aromatic heterocycles. The molecule has 0 radical (unpaired) electrons. The van der Waals surface area contributed by atoms with E-state index >= 15 is 0 Å². The summed E-state index contributed by atoms with van der Waals surface area (Å²) in [4.78, 5) is 44.7. The van der Waals surface area contributed by atoms with Crippen LogP contribution in [0.1, 0.15) is 113 Å². The van der Waals surface area contributed by atoms with Gasteiger partial charge < -0.3 is 15.3 Å². The van der Waals surface area contributed by atoms with Gasteiger partial charge in [0.05, 0.1) is 12.5 Å². The molecule has 4 atom stereocenters. The number of hydrogen-bond acceptors (Lipinski definition) is 4. The molecule has 2 aromatic carbocycles. The largest absolute Gasteiger partial charge is 0.481 e. The van der Waals surface area contributed by atoms with Crippen LogP contribution >= 0.6 is 0 Å². The Kier molecular flexibility index (Phi) is 8.76. The molecule has 1 heterocycles. The van der Waals surface area contributed by atoms with Crippen LogP contribution in [0.3, 0.4) is 0 Å². The van der Waals surface area contributed by atoms with Crippen LogP contribution in [0.4, 0.5) is 0 Å². The van der Waals surface area contributed by atoms with Gasteiger partial charge in [0, 0.05) is 17.7 Å². The van der Waals surface area contributed by atoms with Crippen molar-refractivity contribution in [2.24, 2.45) is 22.2 Å². The summed E-state index contributed by atoms with van der Waals surface area (Å²) in [5.74, 6) is -0.235. The van der Waals surface area contributed by atoms with Gasteiger partial charge in [-0.25, -0.2) is 0 Å². The van der Waals surface area contributed by atoms with E-state index in [-0.39, 0.29) is 42.2 Å². The Morgan fingerprint density at radius 2 is 1.76 bits per heavy atom. The molecule has 0 saturated heterocycles. The number of aliphatic imine (C=N–C) groups is 1. The molecule has 1 aliphatic heterocycles. The first-order valence-corrected chi connectivity index (χ1v) is 14.9. The maximum Gasteiger partial charge on any atom is 0.305 e. The molecule has 41 heavy (non-hydrogen) atoms. The van der Waals surface area contributed by atoms with E-state index in [1.165, 1.54) is 18.4 Å². The van der Waals surface area contributed by atoms with Crippen molar-refractivity contribution in [2.45, 2.75) is 91.8 Å². The maximum atomic E-state index is 14.3. The van der Waals surface area contributed by atoms with Crippen LogP contribution in [0.5, 0.6) is 0 Å². The van der Waals surface area contributed by atoms with Crippen molar-refractivity contribution >= 4 is 23.5 Å². The number of aliphatic carboxylic acids is 1. The molecule has 220 valence electrons. The fourth-order valence-corrected chi connectivity index (χ4v) is 5.66. The van der Waals surface area contributed by atoms with Crippen LogP contribution in [0.25, 0.3) is 0 Å². The molecule has 4 unspecified atom stereocenters. The zero-order valence-corrected chi connectivity index (χ0v) is 25.5. The molecule has 0 bridgehead atoms. The highest BCUT2D eigenvalue weighted by molar-refractivity contribution is 6.46. The fraction of sp³-hybridized carbons (Fsp3) is 0.529. The van der Waals surface area contributed by atoms with Gasteiger partial charge in [0.2, 0.25) is 0 Å². The number of rotatable bonds is 11. The van der Waals surface area contributed by atoms with Crippen molar-refractivity contribution in [3.05, 3.63) is 70.8 Å². The Labute approximate surface area is 244 Å². The topological polar surface area (TPSA) is 99.1 Å². The minimum absolute atomic E-state index is 0.0693. The highest BCUT2D eigenvalue weighted by Gasteiger charge is 2.50. The molecule has 2 aromatic rings. The number of carbonyl (C=O) groups is 3. The first kappa shape index (κ1) is 30.5. The molecular weight excluding hydrogens is 514 g/mol. The second-order valence-corrected chi connectivity index (χ2v) is 13.2. The Hall–Kier alpha value is -3.48. The van der Waals surface area contributed by atoms with Crippen molar-refractivity contribution in [3.63, 3.8) is 0 Å². The number of nitrogens with one attached hydrogen (secondary N) is 1. The third-order valence-electron chi connectivity index (χ3n) is 9.24. The van der Waals surface area contributed by atoms with Gasteiger partial charge in [-0.1, -0.05) is 65.0 Å². The summed E-state index contributed by atoms with van der Waals surface area (Å²) in [6.07, 6.45) is 3.18. The Balaban J connectivity index is 1.64. The third kappa shape index (κ3) is 6.71. The summed E-state index contributed by atoms with van der Waals surface area (Å²) in [7, 11) is 0. The summed E-state index contributed by atoms with van der Waals surface area (Å²) in [5, 5.41) is 11.5. The molecule has 7 heteroatoms. The summed E-state index contributed by atoms with van der Waals surface area (Å²) in [6, 6.07) is 15.2. The van der Waals surface area contributed by atoms with Gasteiger partial charge in [0.1, 0.15) is 11.4 Å². The molecule has 1 saturated carbocycles. The van der Waals surface area contributed by atoms with Crippen LogP contribution in [0.15, 0.2) is 53.5 Å². The van der Waals surface area contributed by atoms with E-state index in [4.69, 9.17) is 10.1 Å². The average molecular weight is 560 g/mol. The summed E-state index contributed by atoms with van der Waals surface area (Å²) in [6.45, 7) is 15.4. The lowest BCUT2D eigenvalue weighted by Gasteiger charge is -2.43. The van der Waals surface area contributed by atoms with Gasteiger partial charge in [-0.05, 0) is 85.6 Å². The molecule has 2 N–H and O–H groups in total. The molecular formula is C34H45N3O4. The molecule has 1 fully saturated rings. The highest BCUT2D eigenvalue weighted by atomic mass is 16.4. The predicted octanol–water partition coefficient (Wildman–Crippen LogP) is 6.59. The smallest absolute Gasteiger partial charge is 0.305 e. The van der Waals surface area contributed by atoms with Crippen LogP contribution in [0.2, 0.25) is 0 Å². The maximum absolute atomic E-state index is 14.3. The van der Waals surface area contributed by atoms with E-state index in [9.17, 15) is 14.4 Å². The lowest BCUT2D eigenvalue weighted by atomic mass is 9.74. The van der Waals surface area contributed by atoms with E-state index < -0.39 is 11.6 Å². The van der Waals surface area contributed by atoms with Crippen molar-refractivity contribution in [1.29, 1.82) is 0 Å². The van der Waals surface area contributed by atoms with Crippen molar-refractivity contribution in [1.82, 2.24) is 10.2 Å². The molecule has 2 aliphatic rings. The van der Waals surface area contributed by atoms with Gasteiger partial charge >= 0.3 is 5.97 Å². The molecule has 0 spiro atoms. The number of benzene rings is 2. The fourth-order valence-electron chi connectivity index (χ4n) is 5.66. The van der Waals surface area contributed by atoms with Gasteiger partial charge in [0.15, 0.2) is 0 Å². The quantitative estimate of drug-likeness (QED) is 0.325. The lowest BCUT2D eigenvalue weighted by molar-refractivity contribution is -0.137. The summed E-state index contributed by atoms with van der Waals surface area (Å²) >= 11 is 0. The highest BCUT2D eigenvalue weighted by Crippen LogP contribution is 2.45. The zero-order valence-electron chi connectivity index (χ0n) is 25.5. The number of nitrogens with zero attached hydrogens (tertiary/aromatic N) is 2. The zero-order chi connectivity index (χ0) is 30.1. The van der Waals surface area contributed by atoms with Crippen LogP contribution in [0, 0.1) is 17.3 Å². The number of amides is 2. The molecule has 4 rings (SSSR count). The molecule has 1 aliphatic carbocycles. The van der Waals surface area contributed by atoms with Gasteiger partial charge in [0.25, 0.3) is 11.8 Å². The number of carbonyl (C=O) groups excluding carboxylic acids is 2. The average Bonchev–Trinajstić information content (AvgIpc) is 3.73. The second kappa shape index (κ2) is 11.8. The molecule has 7 nitrogen and oxygen atoms in total. The monoisotopic (exact) mass is 559 g/mol. The Morgan fingerprint density at radius 3 is 2.34 bits per heavy atom. The van der Waals surface area contributed by atoms with Gasteiger partial charge in [-0.15, -0.1) is 0 Å². The minimum Gasteiger partial charge on any atom is -0.481 e. The van der Waals surface area contributed by atoms with Crippen LogP contribution < -0.4 is 5.32 Å². The Morgan fingerprint density at radius 1 is 1.10 bits per heavy atom. The summed E-state index contributed by atoms with van der Waals surface area (Å²) in [5.41, 5.74) is 3.42. The predicted molar refractivity (Wildman–Crippen MR) is 162 cm³/mol. The van der Waals surface area contributed by atoms with E-state index in [1.807, 2.05) is 36.1 Å². The van der Waals surface area contributed by atoms with E-state index in [0.29, 0.717) is 23.1 Å². The third-order valence-corrected chi connectivity index (χ3v) is 9.24. The van der Waals surface area contributed by atoms with E-state index in [1.54, 1.807) is 12.1 Å². The van der Waals surface area contributed by atoms with E-state index in [2.05, 4.69) is 59.0 Å². The van der Waals surface area contributed by atoms with Crippen molar-refractivity contribution in [2.75, 3.05) is 6.54 Å². The number of hydrogen-bond donors (Lipinski definition) is 2. The number of carboxylic acids is 1. The van der Waals surface area contributed by atoms with Crippen molar-refractivity contribution in [3.8, 4) is 0 Å². The van der Waals surface area contributed by atoms with Crippen LogP contribution in [-0.2, 0) is 9.59 Å². The number of carboxylic acid groups (broad SMARTS) is 1. The van der Waals surface area contributed by atoms with Gasteiger partial charge in [-0.2, -0.15) is 0 Å². The van der Waals surface area contributed by atoms with Gasteiger partial charge in [-0.3, -0.25) is 19.4 Å². The second-order valence-electron chi connectivity index (χ2n) is 13.2. The first-order chi connectivity index (χ1) is 19.2. The molecule has 2 amide bonds.